The van der Waals surface area contributed by atoms with Crippen LogP contribution in [0.3, 0.4) is 0 Å². The number of nitrogens with one attached hydrogen (secondary N) is 1. The molecule has 1 aromatic heterocycles. The van der Waals surface area contributed by atoms with Crippen molar-refractivity contribution in [3.8, 4) is 11.6 Å². The monoisotopic (exact) mass is 381 g/mol. The third-order valence-corrected chi connectivity index (χ3v) is 5.43. The van der Waals surface area contributed by atoms with Gasteiger partial charge in [0.05, 0.1) is 5.56 Å². The number of nitrogens with two attached hydrogens (primary N) is 1. The highest BCUT2D eigenvalue weighted by Gasteiger charge is 2.13. The van der Waals surface area contributed by atoms with E-state index in [1.807, 2.05) is 12.1 Å². The summed E-state index contributed by atoms with van der Waals surface area (Å²) in [6.07, 6.45) is 12.1. The fourth-order valence-electron chi connectivity index (χ4n) is 3.79. The molecule has 1 aliphatic carbocycles. The van der Waals surface area contributed by atoms with Crippen LogP contribution in [0.15, 0.2) is 42.6 Å². The smallest absolute Gasteiger partial charge is 0.250 e. The Hall–Kier alpha value is -2.40. The van der Waals surface area contributed by atoms with E-state index in [4.69, 9.17) is 10.5 Å². The second-order valence-electron chi connectivity index (χ2n) is 7.64. The molecule has 150 valence electrons. The van der Waals surface area contributed by atoms with Crippen molar-refractivity contribution in [3.63, 3.8) is 0 Å². The van der Waals surface area contributed by atoms with Crippen molar-refractivity contribution in [2.45, 2.75) is 51.4 Å². The zero-order valence-corrected chi connectivity index (χ0v) is 16.5. The first-order chi connectivity index (χ1) is 13.7. The van der Waals surface area contributed by atoms with E-state index in [9.17, 15) is 4.79 Å². The van der Waals surface area contributed by atoms with Crippen molar-refractivity contribution in [1.82, 2.24) is 10.3 Å². The van der Waals surface area contributed by atoms with Gasteiger partial charge in [-0.15, -0.1) is 0 Å². The van der Waals surface area contributed by atoms with Crippen molar-refractivity contribution >= 4 is 5.91 Å². The first-order valence-corrected chi connectivity index (χ1v) is 10.4. The van der Waals surface area contributed by atoms with E-state index in [-0.39, 0.29) is 0 Å². The number of hydrogen-bond acceptors (Lipinski definition) is 4. The molecule has 0 aliphatic heterocycles. The molecular formula is C23H31N3O2. The molecule has 0 spiro atoms. The zero-order valence-electron chi connectivity index (χ0n) is 16.5. The minimum absolute atomic E-state index is 0.370. The summed E-state index contributed by atoms with van der Waals surface area (Å²) in [5.74, 6) is 1.68. The average Bonchev–Trinajstić information content (AvgIpc) is 3.22. The van der Waals surface area contributed by atoms with Crippen LogP contribution >= 0.6 is 0 Å². The molecule has 5 nitrogen and oxygen atoms in total. The lowest BCUT2D eigenvalue weighted by Crippen LogP contribution is -2.17. The Morgan fingerprint density at radius 1 is 1.07 bits per heavy atom. The largest absolute Gasteiger partial charge is 0.439 e. The molecule has 3 rings (SSSR count). The van der Waals surface area contributed by atoms with Crippen LogP contribution in [0.1, 0.15) is 60.9 Å². The standard InChI is InChI=1S/C23H31N3O2/c24-23(27)20-11-14-22(26-17-20)28-21-12-9-19(10-13-21)8-4-16-25-15-3-7-18-5-1-2-6-18/h9-14,17-18,25H,1-8,15-16H2,(H2,24,27). The summed E-state index contributed by atoms with van der Waals surface area (Å²) in [5.41, 5.74) is 6.88. The molecule has 1 aromatic carbocycles. The number of hydrogen-bond donors (Lipinski definition) is 2. The summed E-state index contributed by atoms with van der Waals surface area (Å²) >= 11 is 0. The Morgan fingerprint density at radius 2 is 1.82 bits per heavy atom. The van der Waals surface area contributed by atoms with Crippen LogP contribution in [0.2, 0.25) is 0 Å². The lowest BCUT2D eigenvalue weighted by Gasteiger charge is -2.09. The SMILES string of the molecule is NC(=O)c1ccc(Oc2ccc(CCCNCCCC3CCCC3)cc2)nc1. The van der Waals surface area contributed by atoms with Gasteiger partial charge >= 0.3 is 0 Å². The highest BCUT2D eigenvalue weighted by Crippen LogP contribution is 2.28. The van der Waals surface area contributed by atoms with Gasteiger partial charge in [0, 0.05) is 12.3 Å². The number of aryl methyl sites for hydroxylation is 1. The lowest BCUT2D eigenvalue weighted by molar-refractivity contribution is 0.1000. The van der Waals surface area contributed by atoms with Gasteiger partial charge in [0.2, 0.25) is 11.8 Å². The van der Waals surface area contributed by atoms with Crippen LogP contribution in [0.5, 0.6) is 11.6 Å². The molecule has 1 heterocycles. The molecule has 1 fully saturated rings. The molecule has 1 amide bonds. The highest BCUT2D eigenvalue weighted by molar-refractivity contribution is 5.92. The van der Waals surface area contributed by atoms with Crippen molar-refractivity contribution in [1.29, 1.82) is 0 Å². The molecule has 0 radical (unpaired) electrons. The van der Waals surface area contributed by atoms with Crippen LogP contribution in [-0.4, -0.2) is 24.0 Å². The molecule has 2 aromatic rings. The summed E-state index contributed by atoms with van der Waals surface area (Å²) in [6.45, 7) is 2.21. The third kappa shape index (κ3) is 6.64. The zero-order chi connectivity index (χ0) is 19.6. The van der Waals surface area contributed by atoms with Crippen molar-refractivity contribution < 1.29 is 9.53 Å². The second-order valence-corrected chi connectivity index (χ2v) is 7.64. The van der Waals surface area contributed by atoms with E-state index in [1.165, 1.54) is 50.3 Å². The van der Waals surface area contributed by atoms with Gasteiger partial charge in [-0.2, -0.15) is 0 Å². The van der Waals surface area contributed by atoms with Crippen molar-refractivity contribution in [3.05, 3.63) is 53.7 Å². The van der Waals surface area contributed by atoms with Crippen molar-refractivity contribution in [2.75, 3.05) is 13.1 Å². The normalized spacial score (nSPS) is 14.3. The van der Waals surface area contributed by atoms with Crippen LogP contribution in [0.25, 0.3) is 0 Å². The third-order valence-electron chi connectivity index (χ3n) is 5.43. The predicted octanol–water partition coefficient (Wildman–Crippen LogP) is 4.47. The molecule has 0 unspecified atom stereocenters. The molecule has 1 saturated carbocycles. The van der Waals surface area contributed by atoms with Gasteiger partial charge in [-0.25, -0.2) is 4.98 Å². The van der Waals surface area contributed by atoms with Gasteiger partial charge < -0.3 is 15.8 Å². The van der Waals surface area contributed by atoms with Gasteiger partial charge in [-0.1, -0.05) is 37.8 Å². The number of rotatable bonds is 11. The first-order valence-electron chi connectivity index (χ1n) is 10.4. The van der Waals surface area contributed by atoms with E-state index in [2.05, 4.69) is 22.4 Å². The molecule has 0 atom stereocenters. The Kier molecular flexibility index (Phi) is 7.85. The molecule has 0 saturated heterocycles. The summed E-state index contributed by atoms with van der Waals surface area (Å²) < 4.78 is 5.70. The van der Waals surface area contributed by atoms with Gasteiger partial charge in [0.1, 0.15) is 5.75 Å². The number of pyridine rings is 1. The highest BCUT2D eigenvalue weighted by atomic mass is 16.5. The number of carbonyl (C=O) groups excluding carboxylic acids is 1. The van der Waals surface area contributed by atoms with Gasteiger partial charge in [-0.3, -0.25) is 4.79 Å². The molecule has 3 N–H and O–H groups in total. The van der Waals surface area contributed by atoms with E-state index in [0.29, 0.717) is 11.4 Å². The number of primary amides is 1. The van der Waals surface area contributed by atoms with Crippen LogP contribution in [-0.2, 0) is 6.42 Å². The first kappa shape index (κ1) is 20.3. The number of ether oxygens (including phenoxy) is 1. The van der Waals surface area contributed by atoms with Crippen LogP contribution in [0, 0.1) is 5.92 Å². The maximum Gasteiger partial charge on any atom is 0.250 e. The minimum Gasteiger partial charge on any atom is -0.439 e. The second kappa shape index (κ2) is 10.8. The maximum absolute atomic E-state index is 11.1. The number of aromatic nitrogens is 1. The summed E-state index contributed by atoms with van der Waals surface area (Å²) in [6, 6.07) is 11.3. The average molecular weight is 382 g/mol. The Morgan fingerprint density at radius 3 is 2.50 bits per heavy atom. The Labute approximate surface area is 167 Å². The van der Waals surface area contributed by atoms with Crippen LogP contribution in [0.4, 0.5) is 0 Å². The number of nitrogens with zero attached hydrogens (tertiary/aromatic N) is 1. The minimum atomic E-state index is -0.494. The molecule has 1 aliphatic rings. The molecule has 0 bridgehead atoms. The summed E-state index contributed by atoms with van der Waals surface area (Å²) in [7, 11) is 0. The quantitative estimate of drug-likeness (QED) is 0.563. The van der Waals surface area contributed by atoms with E-state index >= 15 is 0 Å². The fourth-order valence-corrected chi connectivity index (χ4v) is 3.79. The number of amides is 1. The van der Waals surface area contributed by atoms with Gasteiger partial charge in [0.25, 0.3) is 0 Å². The maximum atomic E-state index is 11.1. The predicted molar refractivity (Wildman–Crippen MR) is 112 cm³/mol. The van der Waals surface area contributed by atoms with Gasteiger partial charge in [0.15, 0.2) is 0 Å². The fraction of sp³-hybridized carbons (Fsp3) is 0.478. The topological polar surface area (TPSA) is 77.2 Å². The lowest BCUT2D eigenvalue weighted by atomic mass is 10.0. The van der Waals surface area contributed by atoms with E-state index < -0.39 is 5.91 Å². The Bertz CT molecular complexity index is 723. The van der Waals surface area contributed by atoms with E-state index in [1.54, 1.807) is 12.1 Å². The summed E-state index contributed by atoms with van der Waals surface area (Å²) in [4.78, 5) is 15.2. The molecule has 28 heavy (non-hydrogen) atoms. The van der Waals surface area contributed by atoms with Crippen LogP contribution < -0.4 is 15.8 Å². The van der Waals surface area contributed by atoms with Crippen molar-refractivity contribution in [2.24, 2.45) is 11.7 Å². The number of carbonyl (C=O) groups is 1. The van der Waals surface area contributed by atoms with Gasteiger partial charge in [-0.05, 0) is 68.5 Å². The molecular weight excluding hydrogens is 350 g/mol. The number of benzene rings is 1. The summed E-state index contributed by atoms with van der Waals surface area (Å²) in [5, 5.41) is 3.57. The van der Waals surface area contributed by atoms with E-state index in [0.717, 1.165) is 37.6 Å². The molecule has 5 heteroatoms. The Balaban J connectivity index is 1.31.